The summed E-state index contributed by atoms with van der Waals surface area (Å²) in [5, 5.41) is 7.78. The van der Waals surface area contributed by atoms with Gasteiger partial charge in [0.2, 0.25) is 5.91 Å². The van der Waals surface area contributed by atoms with Crippen LogP contribution in [0.25, 0.3) is 5.57 Å². The number of carbonyl (C=O) groups is 2. The van der Waals surface area contributed by atoms with Crippen LogP contribution in [-0.4, -0.2) is 51.5 Å². The molecule has 3 atom stereocenters. The van der Waals surface area contributed by atoms with Gasteiger partial charge in [-0.2, -0.15) is 0 Å². The van der Waals surface area contributed by atoms with Gasteiger partial charge in [0, 0.05) is 12.6 Å². The normalized spacial score (nSPS) is 24.7. The number of fused-ring (bicyclic) bond motifs is 2. The number of hydrogen-bond acceptors (Lipinski definition) is 7. The molecule has 3 aliphatic heterocycles. The van der Waals surface area contributed by atoms with Gasteiger partial charge in [-0.3, -0.25) is 9.59 Å². The number of amides is 2. The minimum absolute atomic E-state index is 0.00616. The summed E-state index contributed by atoms with van der Waals surface area (Å²) in [6.07, 6.45) is 5.13. The van der Waals surface area contributed by atoms with Gasteiger partial charge in [-0.05, 0) is 55.5 Å². The second kappa shape index (κ2) is 8.19. The highest BCUT2D eigenvalue weighted by Gasteiger charge is 2.39. The monoisotopic (exact) mass is 438 g/mol. The fraction of sp³-hybridized carbons (Fsp3) is 0.364. The second-order valence-electron chi connectivity index (χ2n) is 8.20. The molecule has 2 aromatic rings. The van der Waals surface area contributed by atoms with E-state index in [2.05, 4.69) is 20.6 Å². The third-order valence-corrected chi connectivity index (χ3v) is 5.99. The van der Waals surface area contributed by atoms with Crippen LogP contribution in [0.2, 0.25) is 0 Å². The van der Waals surface area contributed by atoms with Crippen LogP contribution in [-0.2, 0) is 4.79 Å². The Bertz CT molecular complexity index is 1090. The molecule has 2 amide bonds. The van der Waals surface area contributed by atoms with Gasteiger partial charge < -0.3 is 21.2 Å². The first-order valence-corrected chi connectivity index (χ1v) is 10.6. The van der Waals surface area contributed by atoms with E-state index in [4.69, 9.17) is 10.6 Å². The quantitative estimate of drug-likeness (QED) is 0.626. The van der Waals surface area contributed by atoms with Crippen molar-refractivity contribution in [2.45, 2.75) is 43.8 Å². The lowest BCUT2D eigenvalue weighted by Crippen LogP contribution is -2.41. The Balaban J connectivity index is 1.40. The van der Waals surface area contributed by atoms with E-state index in [0.717, 1.165) is 18.4 Å². The zero-order chi connectivity index (χ0) is 22.2. The molecule has 9 nitrogen and oxygen atoms in total. The summed E-state index contributed by atoms with van der Waals surface area (Å²) < 4.78 is 13.2. The average Bonchev–Trinajstić information content (AvgIpc) is 3.27. The number of primary amides is 1. The molecule has 0 aliphatic carbocycles. The molecule has 166 valence electrons. The fourth-order valence-electron chi connectivity index (χ4n) is 4.42. The molecular formula is C22H23FN6O3. The lowest BCUT2D eigenvalue weighted by atomic mass is 10.0. The summed E-state index contributed by atoms with van der Waals surface area (Å²) in [5.74, 6) is 0.313. The number of nitrogens with zero attached hydrogens (tertiary/aromatic N) is 3. The molecule has 1 aromatic heterocycles. The van der Waals surface area contributed by atoms with E-state index in [1.54, 1.807) is 12.1 Å². The fourth-order valence-corrected chi connectivity index (χ4v) is 4.42. The highest BCUT2D eigenvalue weighted by Crippen LogP contribution is 2.38. The van der Waals surface area contributed by atoms with Gasteiger partial charge in [0.1, 0.15) is 29.1 Å². The van der Waals surface area contributed by atoms with E-state index in [1.165, 1.54) is 18.2 Å². The zero-order valence-corrected chi connectivity index (χ0v) is 17.3. The van der Waals surface area contributed by atoms with Crippen molar-refractivity contribution in [2.75, 3.05) is 11.9 Å². The molecule has 0 spiro atoms. The molecule has 10 heteroatoms. The van der Waals surface area contributed by atoms with E-state index in [1.807, 2.05) is 11.1 Å². The van der Waals surface area contributed by atoms with Gasteiger partial charge in [-0.1, -0.05) is 6.08 Å². The van der Waals surface area contributed by atoms with Gasteiger partial charge in [0.15, 0.2) is 5.82 Å². The molecule has 1 aromatic carbocycles. The van der Waals surface area contributed by atoms with Crippen LogP contribution >= 0.6 is 0 Å². The van der Waals surface area contributed by atoms with Gasteiger partial charge in [-0.25, -0.2) is 14.4 Å². The van der Waals surface area contributed by atoms with E-state index in [-0.39, 0.29) is 29.5 Å². The molecule has 0 saturated carbocycles. The van der Waals surface area contributed by atoms with Gasteiger partial charge in [0.05, 0.1) is 12.1 Å². The summed E-state index contributed by atoms with van der Waals surface area (Å²) in [4.78, 5) is 38.7. The number of hydroxylamine groups is 2. The SMILES string of the molecule is NC(=O)c1cc(N[C@H]2CCNC2=O)nc(C2=C[C@H]3CCC(C2)N3Oc2ccc(F)cc2)n1. The molecule has 4 N–H and O–H groups in total. The maximum absolute atomic E-state index is 13.2. The molecular weight excluding hydrogens is 415 g/mol. The van der Waals surface area contributed by atoms with Crippen molar-refractivity contribution in [3.05, 3.63) is 53.7 Å². The smallest absolute Gasteiger partial charge is 0.267 e. The predicted molar refractivity (Wildman–Crippen MR) is 114 cm³/mol. The third-order valence-electron chi connectivity index (χ3n) is 5.99. The topological polar surface area (TPSA) is 122 Å². The largest absolute Gasteiger partial charge is 0.405 e. The number of carbonyl (C=O) groups excluding carboxylic acids is 2. The molecule has 2 saturated heterocycles. The lowest BCUT2D eigenvalue weighted by Gasteiger charge is -2.32. The second-order valence-corrected chi connectivity index (χ2v) is 8.20. The first kappa shape index (κ1) is 20.4. The Kier molecular flexibility index (Phi) is 5.22. The van der Waals surface area contributed by atoms with Crippen LogP contribution in [0.4, 0.5) is 10.2 Å². The molecule has 2 fully saturated rings. The molecule has 4 heterocycles. The number of rotatable bonds is 6. The average molecular weight is 438 g/mol. The molecule has 32 heavy (non-hydrogen) atoms. The molecule has 1 unspecified atom stereocenters. The van der Waals surface area contributed by atoms with E-state index >= 15 is 0 Å². The standard InChI is InChI=1S/C22H23FN6O3/c23-13-1-5-16(6-2-13)32-29-14-3-4-15(29)10-12(9-14)21-27-18(20(24)30)11-19(28-21)26-17-7-8-25-22(17)31/h1-2,5-6,9,11,14-15,17H,3-4,7-8,10H2,(H2,24,30)(H,25,31)(H,26,27,28)/t14-,15?,17+/m1/s1. The van der Waals surface area contributed by atoms with Crippen LogP contribution in [0.15, 0.2) is 36.4 Å². The van der Waals surface area contributed by atoms with Crippen molar-refractivity contribution in [1.29, 1.82) is 0 Å². The molecule has 0 radical (unpaired) electrons. The summed E-state index contributed by atoms with van der Waals surface area (Å²) in [5.41, 5.74) is 6.48. The lowest BCUT2D eigenvalue weighted by molar-refractivity contribution is -0.119. The van der Waals surface area contributed by atoms with E-state index < -0.39 is 11.9 Å². The number of anilines is 1. The summed E-state index contributed by atoms with van der Waals surface area (Å²) in [6.45, 7) is 0.593. The van der Waals surface area contributed by atoms with E-state index in [9.17, 15) is 14.0 Å². The molecule has 3 aliphatic rings. The highest BCUT2D eigenvalue weighted by molar-refractivity contribution is 5.92. The van der Waals surface area contributed by atoms with Crippen molar-refractivity contribution in [1.82, 2.24) is 20.3 Å². The van der Waals surface area contributed by atoms with Gasteiger partial charge in [0.25, 0.3) is 5.91 Å². The van der Waals surface area contributed by atoms with Crippen LogP contribution in [0.3, 0.4) is 0 Å². The summed E-state index contributed by atoms with van der Waals surface area (Å²) in [7, 11) is 0. The Labute approximate surface area is 183 Å². The predicted octanol–water partition coefficient (Wildman–Crippen LogP) is 1.63. The number of aromatic nitrogens is 2. The Morgan fingerprint density at radius 2 is 2.03 bits per heavy atom. The first-order chi connectivity index (χ1) is 15.5. The maximum Gasteiger partial charge on any atom is 0.267 e. The number of benzene rings is 1. The third kappa shape index (κ3) is 4.01. The Morgan fingerprint density at radius 1 is 1.22 bits per heavy atom. The molecule has 5 rings (SSSR count). The Hall–Kier alpha value is -3.53. The maximum atomic E-state index is 13.2. The van der Waals surface area contributed by atoms with E-state index in [0.29, 0.717) is 36.8 Å². The minimum atomic E-state index is -0.659. The van der Waals surface area contributed by atoms with Crippen LogP contribution in [0, 0.1) is 5.82 Å². The minimum Gasteiger partial charge on any atom is -0.405 e. The molecule has 2 bridgehead atoms. The first-order valence-electron chi connectivity index (χ1n) is 10.6. The van der Waals surface area contributed by atoms with Gasteiger partial charge >= 0.3 is 0 Å². The van der Waals surface area contributed by atoms with Crippen LogP contribution in [0.1, 0.15) is 42.0 Å². The van der Waals surface area contributed by atoms with Crippen molar-refractivity contribution in [3.8, 4) is 5.75 Å². The van der Waals surface area contributed by atoms with Crippen molar-refractivity contribution in [2.24, 2.45) is 5.73 Å². The van der Waals surface area contributed by atoms with Crippen molar-refractivity contribution in [3.63, 3.8) is 0 Å². The number of nitrogens with two attached hydrogens (primary N) is 1. The van der Waals surface area contributed by atoms with Crippen molar-refractivity contribution >= 4 is 23.2 Å². The number of hydrogen-bond donors (Lipinski definition) is 3. The van der Waals surface area contributed by atoms with Crippen LogP contribution in [0.5, 0.6) is 5.75 Å². The van der Waals surface area contributed by atoms with Gasteiger partial charge in [-0.15, -0.1) is 5.06 Å². The number of halogens is 1. The number of nitrogens with one attached hydrogen (secondary N) is 2. The summed E-state index contributed by atoms with van der Waals surface area (Å²) >= 11 is 0. The van der Waals surface area contributed by atoms with Crippen LogP contribution < -0.4 is 21.2 Å². The Morgan fingerprint density at radius 3 is 2.72 bits per heavy atom. The highest BCUT2D eigenvalue weighted by atomic mass is 19.1. The van der Waals surface area contributed by atoms with Crippen molar-refractivity contribution < 1.29 is 18.8 Å². The summed E-state index contributed by atoms with van der Waals surface area (Å²) in [6, 6.07) is 7.11. The zero-order valence-electron chi connectivity index (χ0n) is 17.3.